The van der Waals surface area contributed by atoms with Gasteiger partial charge in [-0.05, 0) is 0 Å². The fourth-order valence-corrected chi connectivity index (χ4v) is 0.572. The van der Waals surface area contributed by atoms with Crippen LogP contribution in [0.5, 0.6) is 0 Å². The van der Waals surface area contributed by atoms with Gasteiger partial charge in [0.2, 0.25) is 0 Å². The van der Waals surface area contributed by atoms with Crippen LogP contribution in [0.25, 0.3) is 0 Å². The summed E-state index contributed by atoms with van der Waals surface area (Å²) in [4.78, 5) is 22.2. The van der Waals surface area contributed by atoms with Gasteiger partial charge in [0, 0.05) is 12.5 Å². The van der Waals surface area contributed by atoms with Gasteiger partial charge in [0.15, 0.2) is 6.79 Å². The van der Waals surface area contributed by atoms with Gasteiger partial charge in [0.25, 0.3) is 0 Å². The molecule has 0 N–H and O–H groups in total. The standard InChI is InChI=1S/C9H16O4/c1-9(2,3)7(10)5-8(11)13-6-12-4/h5-6H2,1-4H3. The third-order valence-electron chi connectivity index (χ3n) is 1.48. The van der Waals surface area contributed by atoms with Crippen LogP contribution in [-0.4, -0.2) is 25.7 Å². The van der Waals surface area contributed by atoms with E-state index in [1.54, 1.807) is 20.8 Å². The highest BCUT2D eigenvalue weighted by atomic mass is 16.7. The highest BCUT2D eigenvalue weighted by Gasteiger charge is 2.24. The Bertz CT molecular complexity index is 190. The summed E-state index contributed by atoms with van der Waals surface area (Å²) in [5.74, 6) is -0.671. The van der Waals surface area contributed by atoms with Gasteiger partial charge in [0.05, 0.1) is 0 Å². The number of carbonyl (C=O) groups is 2. The fourth-order valence-electron chi connectivity index (χ4n) is 0.572. The third kappa shape index (κ3) is 5.36. The second-order valence-corrected chi connectivity index (χ2v) is 3.77. The second kappa shape index (κ2) is 4.97. The van der Waals surface area contributed by atoms with E-state index < -0.39 is 11.4 Å². The Morgan fingerprint density at radius 1 is 1.23 bits per heavy atom. The van der Waals surface area contributed by atoms with Crippen molar-refractivity contribution in [2.45, 2.75) is 27.2 Å². The first-order chi connectivity index (χ1) is 5.88. The minimum absolute atomic E-state index is 0.101. The van der Waals surface area contributed by atoms with E-state index >= 15 is 0 Å². The number of ketones is 1. The molecule has 0 spiro atoms. The molecule has 0 rings (SSSR count). The number of ether oxygens (including phenoxy) is 2. The zero-order chi connectivity index (χ0) is 10.5. The van der Waals surface area contributed by atoms with Gasteiger partial charge in [0.1, 0.15) is 12.2 Å². The molecule has 0 atom stereocenters. The lowest BCUT2D eigenvalue weighted by Gasteiger charge is -2.15. The van der Waals surface area contributed by atoms with Crippen molar-refractivity contribution in [2.24, 2.45) is 5.41 Å². The molecule has 0 bridgehead atoms. The molecule has 0 radical (unpaired) electrons. The van der Waals surface area contributed by atoms with E-state index in [4.69, 9.17) is 0 Å². The van der Waals surface area contributed by atoms with E-state index in [-0.39, 0.29) is 19.0 Å². The van der Waals surface area contributed by atoms with Crippen LogP contribution in [0, 0.1) is 5.41 Å². The lowest BCUT2D eigenvalue weighted by molar-refractivity contribution is -0.156. The monoisotopic (exact) mass is 188 g/mol. The molecule has 0 amide bonds. The quantitative estimate of drug-likeness (QED) is 0.377. The second-order valence-electron chi connectivity index (χ2n) is 3.77. The molecule has 0 aliphatic rings. The maximum atomic E-state index is 11.3. The molecule has 0 aliphatic carbocycles. The first-order valence-electron chi connectivity index (χ1n) is 4.06. The van der Waals surface area contributed by atoms with E-state index in [9.17, 15) is 9.59 Å². The van der Waals surface area contributed by atoms with Gasteiger partial charge in [-0.1, -0.05) is 20.8 Å². The average molecular weight is 188 g/mol. The third-order valence-corrected chi connectivity index (χ3v) is 1.48. The van der Waals surface area contributed by atoms with Crippen LogP contribution in [0.3, 0.4) is 0 Å². The number of esters is 1. The molecule has 0 fully saturated rings. The Morgan fingerprint density at radius 3 is 2.15 bits per heavy atom. The summed E-state index contributed by atoms with van der Waals surface area (Å²) in [7, 11) is 1.42. The maximum absolute atomic E-state index is 11.3. The first-order valence-corrected chi connectivity index (χ1v) is 4.06. The SMILES string of the molecule is COCOC(=O)CC(=O)C(C)(C)C. The molecule has 76 valence electrons. The molecule has 0 heterocycles. The van der Waals surface area contributed by atoms with Gasteiger partial charge in [-0.3, -0.25) is 9.59 Å². The predicted octanol–water partition coefficient (Wildman–Crippen LogP) is 1.14. The number of Topliss-reactive ketones (excluding diaryl/α,β-unsaturated/α-hetero) is 1. The Morgan fingerprint density at radius 2 is 1.77 bits per heavy atom. The van der Waals surface area contributed by atoms with E-state index in [0.717, 1.165) is 0 Å². The van der Waals surface area contributed by atoms with E-state index in [0.29, 0.717) is 0 Å². The van der Waals surface area contributed by atoms with Gasteiger partial charge in [-0.25, -0.2) is 0 Å². The molecule has 0 unspecified atom stereocenters. The van der Waals surface area contributed by atoms with Crippen molar-refractivity contribution >= 4 is 11.8 Å². The van der Waals surface area contributed by atoms with E-state index in [1.807, 2.05) is 0 Å². The molecule has 0 aromatic heterocycles. The van der Waals surface area contributed by atoms with Gasteiger partial charge in [-0.15, -0.1) is 0 Å². The molecule has 4 heteroatoms. The highest BCUT2D eigenvalue weighted by molar-refractivity contribution is 5.98. The average Bonchev–Trinajstić information content (AvgIpc) is 1.99. The predicted molar refractivity (Wildman–Crippen MR) is 47.0 cm³/mol. The normalized spacial score (nSPS) is 11.1. The minimum Gasteiger partial charge on any atom is -0.438 e. The molecule has 13 heavy (non-hydrogen) atoms. The summed E-state index contributed by atoms with van der Waals surface area (Å²) in [6.07, 6.45) is -0.188. The van der Waals surface area contributed by atoms with Crippen LogP contribution in [-0.2, 0) is 19.1 Å². The smallest absolute Gasteiger partial charge is 0.315 e. The number of rotatable bonds is 4. The van der Waals surface area contributed by atoms with Crippen LogP contribution in [0.15, 0.2) is 0 Å². The van der Waals surface area contributed by atoms with Crippen molar-refractivity contribution in [3.63, 3.8) is 0 Å². The topological polar surface area (TPSA) is 52.6 Å². The lowest BCUT2D eigenvalue weighted by Crippen LogP contribution is -2.24. The van der Waals surface area contributed by atoms with Crippen molar-refractivity contribution < 1.29 is 19.1 Å². The van der Waals surface area contributed by atoms with Crippen LogP contribution in [0.4, 0.5) is 0 Å². The Kier molecular flexibility index (Phi) is 4.62. The highest BCUT2D eigenvalue weighted by Crippen LogP contribution is 2.16. The van der Waals surface area contributed by atoms with E-state index in [2.05, 4.69) is 9.47 Å². The molecule has 0 saturated carbocycles. The number of methoxy groups -OCH3 is 1. The van der Waals surface area contributed by atoms with Crippen molar-refractivity contribution in [3.8, 4) is 0 Å². The fraction of sp³-hybridized carbons (Fsp3) is 0.778. The summed E-state index contributed by atoms with van der Waals surface area (Å²) < 4.78 is 9.10. The lowest BCUT2D eigenvalue weighted by atomic mass is 9.89. The van der Waals surface area contributed by atoms with Gasteiger partial charge < -0.3 is 9.47 Å². The number of carbonyl (C=O) groups excluding carboxylic acids is 2. The Hall–Kier alpha value is -0.900. The summed E-state index contributed by atoms with van der Waals surface area (Å²) in [6, 6.07) is 0. The number of hydrogen-bond donors (Lipinski definition) is 0. The summed E-state index contributed by atoms with van der Waals surface area (Å²) in [5, 5.41) is 0. The molecule has 4 nitrogen and oxygen atoms in total. The van der Waals surface area contributed by atoms with Crippen LogP contribution in [0.1, 0.15) is 27.2 Å². The largest absolute Gasteiger partial charge is 0.438 e. The molecule has 0 aliphatic heterocycles. The van der Waals surface area contributed by atoms with Crippen molar-refractivity contribution in [1.29, 1.82) is 0 Å². The van der Waals surface area contributed by atoms with Crippen molar-refractivity contribution in [2.75, 3.05) is 13.9 Å². The van der Waals surface area contributed by atoms with E-state index in [1.165, 1.54) is 7.11 Å². The summed E-state index contributed by atoms with van der Waals surface area (Å²) in [5.41, 5.74) is -0.494. The van der Waals surface area contributed by atoms with Crippen LogP contribution < -0.4 is 0 Å². The molecular formula is C9H16O4. The maximum Gasteiger partial charge on any atom is 0.315 e. The zero-order valence-corrected chi connectivity index (χ0v) is 8.55. The van der Waals surface area contributed by atoms with Crippen LogP contribution in [0.2, 0.25) is 0 Å². The zero-order valence-electron chi connectivity index (χ0n) is 8.55. The summed E-state index contributed by atoms with van der Waals surface area (Å²) in [6.45, 7) is 5.19. The van der Waals surface area contributed by atoms with Gasteiger partial charge in [-0.2, -0.15) is 0 Å². The van der Waals surface area contributed by atoms with Crippen molar-refractivity contribution in [3.05, 3.63) is 0 Å². The molecule has 0 saturated heterocycles. The van der Waals surface area contributed by atoms with Crippen molar-refractivity contribution in [1.82, 2.24) is 0 Å². The molecule has 0 aromatic carbocycles. The Labute approximate surface area is 78.2 Å². The first kappa shape index (κ1) is 12.1. The minimum atomic E-state index is -0.540. The summed E-state index contributed by atoms with van der Waals surface area (Å²) >= 11 is 0. The number of hydrogen-bond acceptors (Lipinski definition) is 4. The molecule has 0 aromatic rings. The molecular weight excluding hydrogens is 172 g/mol. The van der Waals surface area contributed by atoms with Gasteiger partial charge >= 0.3 is 5.97 Å². The Balaban J connectivity index is 3.86. The van der Waals surface area contributed by atoms with Crippen LogP contribution >= 0.6 is 0 Å².